The van der Waals surface area contributed by atoms with Crippen LogP contribution in [0.15, 0.2) is 18.2 Å². The highest BCUT2D eigenvalue weighted by Gasteiger charge is 2.38. The summed E-state index contributed by atoms with van der Waals surface area (Å²) in [7, 11) is -3.32. The summed E-state index contributed by atoms with van der Waals surface area (Å²) in [6.07, 6.45) is 0. The zero-order chi connectivity index (χ0) is 19.2. The molecule has 3 nitrogen and oxygen atoms in total. The molecule has 144 valence electrons. The average molecular weight is 382 g/mol. The predicted octanol–water partition coefficient (Wildman–Crippen LogP) is 5.42. The average Bonchev–Trinajstić information content (AvgIpc) is 2.50. The molecular formula is C20H39NO2Si2. The number of benzene rings is 1. The van der Waals surface area contributed by atoms with Crippen LogP contribution in [0.4, 0.5) is 5.69 Å². The second-order valence-corrected chi connectivity index (χ2v) is 16.5. The van der Waals surface area contributed by atoms with Crippen molar-refractivity contribution in [2.24, 2.45) is 0 Å². The Morgan fingerprint density at radius 3 is 1.68 bits per heavy atom. The predicted molar refractivity (Wildman–Crippen MR) is 116 cm³/mol. The van der Waals surface area contributed by atoms with E-state index in [1.807, 2.05) is 0 Å². The van der Waals surface area contributed by atoms with Gasteiger partial charge in [-0.25, -0.2) is 0 Å². The number of anilines is 1. The first-order valence-corrected chi connectivity index (χ1v) is 14.9. The SMILES string of the molecule is CCO[SiH](OCC)C(Nc1c(C(C)C)cccc1C(C)C)[Si](C)(C)C. The fourth-order valence-electron chi connectivity index (χ4n) is 3.14. The Kier molecular flexibility index (Phi) is 8.88. The minimum Gasteiger partial charge on any atom is -0.396 e. The van der Waals surface area contributed by atoms with Gasteiger partial charge in [-0.15, -0.1) is 0 Å². The van der Waals surface area contributed by atoms with Crippen LogP contribution in [0.25, 0.3) is 0 Å². The molecule has 0 spiro atoms. The van der Waals surface area contributed by atoms with E-state index in [4.69, 9.17) is 8.85 Å². The maximum atomic E-state index is 6.13. The molecule has 1 aromatic carbocycles. The summed E-state index contributed by atoms with van der Waals surface area (Å²) < 4.78 is 12.3. The molecule has 1 aromatic rings. The summed E-state index contributed by atoms with van der Waals surface area (Å²) in [5, 5.41) is 4.30. The Hall–Kier alpha value is -0.626. The lowest BCUT2D eigenvalue weighted by Crippen LogP contribution is -2.57. The topological polar surface area (TPSA) is 30.5 Å². The normalized spacial score (nSPS) is 13.8. The van der Waals surface area contributed by atoms with Crippen LogP contribution in [0.5, 0.6) is 0 Å². The highest BCUT2D eigenvalue weighted by Crippen LogP contribution is 2.34. The van der Waals surface area contributed by atoms with Gasteiger partial charge in [-0.2, -0.15) is 0 Å². The van der Waals surface area contributed by atoms with Gasteiger partial charge < -0.3 is 14.2 Å². The van der Waals surface area contributed by atoms with Crippen molar-refractivity contribution in [3.05, 3.63) is 29.3 Å². The molecule has 0 radical (unpaired) electrons. The van der Waals surface area contributed by atoms with Gasteiger partial charge in [-0.1, -0.05) is 65.5 Å². The molecule has 25 heavy (non-hydrogen) atoms. The van der Waals surface area contributed by atoms with Crippen LogP contribution in [0, 0.1) is 0 Å². The minimum atomic E-state index is -1.80. The standard InChI is InChI=1S/C20H39NO2Si2/c1-10-22-24(23-11-2)20(25(7,8)9)21-19-17(15(3)4)13-12-14-18(19)16(5)6/h12-16,20-21,24H,10-11H2,1-9H3. The Bertz CT molecular complexity index is 495. The second-order valence-electron chi connectivity index (χ2n) is 8.39. The molecule has 5 heteroatoms. The van der Waals surface area contributed by atoms with Crippen molar-refractivity contribution < 1.29 is 8.85 Å². The van der Waals surface area contributed by atoms with E-state index in [-0.39, 0.29) is 0 Å². The molecule has 0 saturated heterocycles. The smallest absolute Gasteiger partial charge is 0.341 e. The van der Waals surface area contributed by atoms with Gasteiger partial charge >= 0.3 is 9.28 Å². The fraction of sp³-hybridized carbons (Fsp3) is 0.700. The molecule has 1 rings (SSSR count). The lowest BCUT2D eigenvalue weighted by atomic mass is 9.93. The van der Waals surface area contributed by atoms with Crippen molar-refractivity contribution in [2.45, 2.75) is 78.3 Å². The molecule has 0 saturated carbocycles. The van der Waals surface area contributed by atoms with Gasteiger partial charge in [0.2, 0.25) is 0 Å². The summed E-state index contributed by atoms with van der Waals surface area (Å²) in [6, 6.07) is 6.72. The van der Waals surface area contributed by atoms with Crippen molar-refractivity contribution in [1.82, 2.24) is 0 Å². The van der Waals surface area contributed by atoms with Gasteiger partial charge in [-0.3, -0.25) is 0 Å². The van der Waals surface area contributed by atoms with E-state index in [0.717, 1.165) is 13.2 Å². The maximum Gasteiger partial charge on any atom is 0.341 e. The Labute approximate surface area is 158 Å². The number of para-hydroxylation sites is 1. The lowest BCUT2D eigenvalue weighted by molar-refractivity contribution is 0.212. The summed E-state index contributed by atoms with van der Waals surface area (Å²) in [5.74, 6) is 0.977. The van der Waals surface area contributed by atoms with Crippen LogP contribution in [-0.4, -0.2) is 35.9 Å². The molecule has 1 unspecified atom stereocenters. The molecule has 1 atom stereocenters. The Morgan fingerprint density at radius 1 is 0.920 bits per heavy atom. The molecular weight excluding hydrogens is 342 g/mol. The fourth-order valence-corrected chi connectivity index (χ4v) is 9.00. The zero-order valence-corrected chi connectivity index (χ0v) is 19.9. The van der Waals surface area contributed by atoms with Gasteiger partial charge in [0.25, 0.3) is 0 Å². The number of hydrogen-bond donors (Lipinski definition) is 1. The molecule has 0 aromatic heterocycles. The van der Waals surface area contributed by atoms with Gasteiger partial charge in [0.15, 0.2) is 0 Å². The van der Waals surface area contributed by atoms with Crippen LogP contribution in [0.3, 0.4) is 0 Å². The Balaban J connectivity index is 3.37. The third-order valence-corrected chi connectivity index (χ3v) is 12.4. The van der Waals surface area contributed by atoms with E-state index in [1.54, 1.807) is 0 Å². The van der Waals surface area contributed by atoms with E-state index in [0.29, 0.717) is 17.1 Å². The quantitative estimate of drug-likeness (QED) is 0.549. The van der Waals surface area contributed by atoms with Crippen LogP contribution < -0.4 is 5.32 Å². The number of nitrogens with one attached hydrogen (secondary N) is 1. The number of rotatable bonds is 10. The van der Waals surface area contributed by atoms with E-state index in [2.05, 4.69) is 84.7 Å². The van der Waals surface area contributed by atoms with Crippen LogP contribution >= 0.6 is 0 Å². The minimum absolute atomic E-state index is 0.338. The van der Waals surface area contributed by atoms with Crippen molar-refractivity contribution in [3.8, 4) is 0 Å². The van der Waals surface area contributed by atoms with Gasteiger partial charge in [-0.05, 0) is 36.8 Å². The number of hydrogen-bond acceptors (Lipinski definition) is 3. The molecule has 0 amide bonds. The highest BCUT2D eigenvalue weighted by atomic mass is 28.4. The molecule has 0 bridgehead atoms. The molecule has 0 aliphatic heterocycles. The lowest BCUT2D eigenvalue weighted by Gasteiger charge is -2.37. The monoisotopic (exact) mass is 381 g/mol. The van der Waals surface area contributed by atoms with Crippen molar-refractivity contribution in [1.29, 1.82) is 0 Å². The van der Waals surface area contributed by atoms with E-state index < -0.39 is 17.4 Å². The molecule has 0 aliphatic carbocycles. The summed E-state index contributed by atoms with van der Waals surface area (Å²) in [6.45, 7) is 21.9. The second kappa shape index (κ2) is 9.90. The van der Waals surface area contributed by atoms with E-state index >= 15 is 0 Å². The van der Waals surface area contributed by atoms with Gasteiger partial charge in [0, 0.05) is 18.9 Å². The summed E-state index contributed by atoms with van der Waals surface area (Å²) in [5.41, 5.74) is 4.11. The van der Waals surface area contributed by atoms with Gasteiger partial charge in [0.05, 0.1) is 13.4 Å². The van der Waals surface area contributed by atoms with E-state index in [1.165, 1.54) is 16.8 Å². The molecule has 0 fully saturated rings. The van der Waals surface area contributed by atoms with Crippen molar-refractivity contribution in [3.63, 3.8) is 0 Å². The first-order valence-electron chi connectivity index (χ1n) is 9.75. The van der Waals surface area contributed by atoms with Crippen LogP contribution in [0.1, 0.15) is 64.5 Å². The molecule has 1 N–H and O–H groups in total. The van der Waals surface area contributed by atoms with E-state index in [9.17, 15) is 0 Å². The summed E-state index contributed by atoms with van der Waals surface area (Å²) in [4.78, 5) is 0. The first kappa shape index (κ1) is 22.4. The third-order valence-electron chi connectivity index (χ3n) is 4.54. The largest absolute Gasteiger partial charge is 0.396 e. The van der Waals surface area contributed by atoms with Crippen molar-refractivity contribution >= 4 is 23.0 Å². The first-order chi connectivity index (χ1) is 11.6. The highest BCUT2D eigenvalue weighted by molar-refractivity contribution is 6.87. The molecule has 0 heterocycles. The Morgan fingerprint density at radius 2 is 1.36 bits per heavy atom. The zero-order valence-electron chi connectivity index (χ0n) is 17.8. The van der Waals surface area contributed by atoms with Crippen molar-refractivity contribution in [2.75, 3.05) is 18.5 Å². The molecule has 0 aliphatic rings. The third kappa shape index (κ3) is 6.24. The van der Waals surface area contributed by atoms with Crippen LogP contribution in [-0.2, 0) is 8.85 Å². The maximum absolute atomic E-state index is 6.13. The summed E-state index contributed by atoms with van der Waals surface area (Å²) >= 11 is 0. The van der Waals surface area contributed by atoms with Crippen LogP contribution in [0.2, 0.25) is 19.6 Å². The van der Waals surface area contributed by atoms with Gasteiger partial charge in [0.1, 0.15) is 0 Å².